The predicted molar refractivity (Wildman–Crippen MR) is 180 cm³/mol. The number of halogens is 2. The second kappa shape index (κ2) is 14.0. The molecule has 12 nitrogen and oxygen atoms in total. The van der Waals surface area contributed by atoms with Crippen LogP contribution in [0.4, 0.5) is 25.2 Å². The summed E-state index contributed by atoms with van der Waals surface area (Å²) in [7, 11) is 3.10. The fourth-order valence-electron chi connectivity index (χ4n) is 5.56. The van der Waals surface area contributed by atoms with Crippen LogP contribution >= 0.6 is 0 Å². The smallest absolute Gasteiger partial charge is 0.321 e. The van der Waals surface area contributed by atoms with Gasteiger partial charge < -0.3 is 29.9 Å². The maximum Gasteiger partial charge on any atom is 0.321 e. The van der Waals surface area contributed by atoms with E-state index in [2.05, 4.69) is 15.6 Å². The van der Waals surface area contributed by atoms with Crippen LogP contribution in [0, 0.1) is 18.6 Å². The quantitative estimate of drug-likeness (QED) is 0.244. The molecule has 0 radical (unpaired) electrons. The number of hydrogen-bond acceptors (Lipinski definition) is 8. The molecule has 49 heavy (non-hydrogen) atoms. The van der Waals surface area contributed by atoms with E-state index in [1.165, 1.54) is 16.7 Å². The van der Waals surface area contributed by atoms with Crippen molar-refractivity contribution < 1.29 is 27.8 Å². The third-order valence-electron chi connectivity index (χ3n) is 8.24. The van der Waals surface area contributed by atoms with Crippen LogP contribution < -0.4 is 30.6 Å². The second-order valence-electron chi connectivity index (χ2n) is 11.3. The lowest BCUT2D eigenvalue weighted by Crippen LogP contribution is -2.50. The summed E-state index contributed by atoms with van der Waals surface area (Å²) in [6.07, 6.45) is 0. The van der Waals surface area contributed by atoms with Gasteiger partial charge in [0, 0.05) is 61.5 Å². The van der Waals surface area contributed by atoms with Gasteiger partial charge in [-0.05, 0) is 67.1 Å². The molecule has 2 aromatic heterocycles. The van der Waals surface area contributed by atoms with Gasteiger partial charge in [-0.3, -0.25) is 14.2 Å². The van der Waals surface area contributed by atoms with Crippen molar-refractivity contribution in [1.29, 1.82) is 0 Å². The standard InChI is InChI=1S/C35H33F2N7O5/c1-21-26-10-13-31(45)44(25-8-5-23(6-9-25)33(46)38-20-22-4-12-29(48-2)30(18-22)49-3)32(26)41-34(39-21)42-14-16-43(17-15-42)35(47)40-24-7-11-27(36)28(37)19-24/h4-13,18-19H,14-17,20H2,1-3H3,(H,38,46)(H,40,47). The molecule has 0 bridgehead atoms. The highest BCUT2D eigenvalue weighted by molar-refractivity contribution is 5.94. The molecule has 1 aliphatic rings. The van der Waals surface area contributed by atoms with Crippen molar-refractivity contribution in [2.75, 3.05) is 50.6 Å². The van der Waals surface area contributed by atoms with Gasteiger partial charge in [-0.15, -0.1) is 0 Å². The number of pyridine rings is 1. The largest absolute Gasteiger partial charge is 0.493 e. The summed E-state index contributed by atoms with van der Waals surface area (Å²) < 4.78 is 38.9. The van der Waals surface area contributed by atoms with Crippen LogP contribution in [-0.4, -0.2) is 71.8 Å². The minimum Gasteiger partial charge on any atom is -0.493 e. The van der Waals surface area contributed by atoms with Gasteiger partial charge in [0.25, 0.3) is 11.5 Å². The fraction of sp³-hybridized carbons (Fsp3) is 0.229. The van der Waals surface area contributed by atoms with E-state index < -0.39 is 17.7 Å². The Morgan fingerprint density at radius 1 is 0.837 bits per heavy atom. The Balaban J connectivity index is 1.17. The van der Waals surface area contributed by atoms with Crippen LogP contribution in [0.5, 0.6) is 11.5 Å². The number of carbonyl (C=O) groups is 2. The van der Waals surface area contributed by atoms with Gasteiger partial charge in [-0.1, -0.05) is 6.07 Å². The summed E-state index contributed by atoms with van der Waals surface area (Å²) in [5.41, 5.74) is 2.69. The molecule has 6 rings (SSSR count). The maximum atomic E-state index is 13.6. The van der Waals surface area contributed by atoms with Crippen LogP contribution in [0.2, 0.25) is 0 Å². The van der Waals surface area contributed by atoms with Crippen molar-refractivity contribution in [1.82, 2.24) is 24.8 Å². The van der Waals surface area contributed by atoms with E-state index >= 15 is 0 Å². The first-order valence-electron chi connectivity index (χ1n) is 15.4. The zero-order valence-corrected chi connectivity index (χ0v) is 27.0. The number of aromatic nitrogens is 3. The molecule has 3 heterocycles. The number of benzene rings is 3. The molecule has 252 valence electrons. The molecule has 0 saturated carbocycles. The maximum absolute atomic E-state index is 13.6. The molecule has 14 heteroatoms. The number of nitrogens with one attached hydrogen (secondary N) is 2. The van der Waals surface area contributed by atoms with E-state index in [1.807, 2.05) is 17.9 Å². The molecule has 0 unspecified atom stereocenters. The SMILES string of the molecule is COc1ccc(CNC(=O)c2ccc(-n3c(=O)ccc4c(C)nc(N5CCN(C(=O)Nc6ccc(F)c(F)c6)CC5)nc43)cc2)cc1OC. The highest BCUT2D eigenvalue weighted by Crippen LogP contribution is 2.28. The summed E-state index contributed by atoms with van der Waals surface area (Å²) in [6.45, 7) is 3.57. The van der Waals surface area contributed by atoms with Crippen LogP contribution in [0.25, 0.3) is 16.7 Å². The van der Waals surface area contributed by atoms with Gasteiger partial charge in [-0.2, -0.15) is 4.98 Å². The Morgan fingerprint density at radius 2 is 1.57 bits per heavy atom. The third-order valence-corrected chi connectivity index (χ3v) is 8.24. The Morgan fingerprint density at radius 3 is 2.27 bits per heavy atom. The minimum atomic E-state index is -1.05. The average molecular weight is 670 g/mol. The van der Waals surface area contributed by atoms with Crippen molar-refractivity contribution in [3.8, 4) is 17.2 Å². The minimum absolute atomic E-state index is 0.154. The lowest BCUT2D eigenvalue weighted by Gasteiger charge is -2.34. The predicted octanol–water partition coefficient (Wildman–Crippen LogP) is 4.67. The summed E-state index contributed by atoms with van der Waals surface area (Å²) >= 11 is 0. The van der Waals surface area contributed by atoms with Crippen LogP contribution in [0.15, 0.2) is 77.6 Å². The number of amides is 3. The number of nitrogens with zero attached hydrogens (tertiary/aromatic N) is 5. The summed E-state index contributed by atoms with van der Waals surface area (Å²) in [4.78, 5) is 51.9. The monoisotopic (exact) mass is 669 g/mol. The lowest BCUT2D eigenvalue weighted by molar-refractivity contribution is 0.0951. The number of aryl methyl sites for hydroxylation is 1. The first kappa shape index (κ1) is 32.9. The number of methoxy groups -OCH3 is 2. The van der Waals surface area contributed by atoms with E-state index in [0.717, 1.165) is 17.7 Å². The van der Waals surface area contributed by atoms with Gasteiger partial charge in [0.1, 0.15) is 0 Å². The molecule has 1 fully saturated rings. The molecule has 1 aliphatic heterocycles. The molecule has 0 spiro atoms. The van der Waals surface area contributed by atoms with Gasteiger partial charge in [0.2, 0.25) is 5.95 Å². The van der Waals surface area contributed by atoms with E-state index in [1.54, 1.807) is 61.6 Å². The van der Waals surface area contributed by atoms with Crippen molar-refractivity contribution in [2.24, 2.45) is 0 Å². The Kier molecular flexibility index (Phi) is 9.38. The highest BCUT2D eigenvalue weighted by atomic mass is 19.2. The Labute approximate surface area is 279 Å². The molecule has 0 aliphatic carbocycles. The van der Waals surface area contributed by atoms with Crippen LogP contribution in [-0.2, 0) is 6.54 Å². The number of hydrogen-bond donors (Lipinski definition) is 2. The zero-order valence-electron chi connectivity index (χ0n) is 27.0. The van der Waals surface area contributed by atoms with E-state index in [9.17, 15) is 23.2 Å². The molecule has 3 amide bonds. The number of fused-ring (bicyclic) bond motifs is 1. The normalized spacial score (nSPS) is 12.9. The highest BCUT2D eigenvalue weighted by Gasteiger charge is 2.24. The topological polar surface area (TPSA) is 131 Å². The van der Waals surface area contributed by atoms with E-state index in [4.69, 9.17) is 14.5 Å². The third kappa shape index (κ3) is 6.98. The fourth-order valence-corrected chi connectivity index (χ4v) is 5.56. The van der Waals surface area contributed by atoms with E-state index in [-0.39, 0.29) is 23.7 Å². The van der Waals surface area contributed by atoms with Crippen LogP contribution in [0.3, 0.4) is 0 Å². The van der Waals surface area contributed by atoms with Crippen molar-refractivity contribution in [2.45, 2.75) is 13.5 Å². The first-order chi connectivity index (χ1) is 23.6. The van der Waals surface area contributed by atoms with Gasteiger partial charge in [0.15, 0.2) is 28.8 Å². The van der Waals surface area contributed by atoms with Crippen molar-refractivity contribution in [3.63, 3.8) is 0 Å². The number of carbonyl (C=O) groups excluding carboxylic acids is 2. The molecule has 5 aromatic rings. The van der Waals surface area contributed by atoms with Gasteiger partial charge in [0.05, 0.1) is 25.6 Å². The number of rotatable bonds is 8. The molecular weight excluding hydrogens is 636 g/mol. The van der Waals surface area contributed by atoms with Crippen molar-refractivity contribution >= 4 is 34.6 Å². The second-order valence-corrected chi connectivity index (χ2v) is 11.3. The molecule has 2 N–H and O–H groups in total. The van der Waals surface area contributed by atoms with Crippen LogP contribution in [0.1, 0.15) is 21.6 Å². The van der Waals surface area contributed by atoms with Gasteiger partial charge >= 0.3 is 6.03 Å². The number of urea groups is 1. The number of anilines is 2. The summed E-state index contributed by atoms with van der Waals surface area (Å²) in [5, 5.41) is 6.17. The molecule has 0 atom stereocenters. The average Bonchev–Trinajstić information content (AvgIpc) is 3.12. The zero-order chi connectivity index (χ0) is 34.7. The number of ether oxygens (including phenoxy) is 2. The Bertz CT molecular complexity index is 2100. The Hall–Kier alpha value is -6.05. The molecular formula is C35H33F2N7O5. The first-order valence-corrected chi connectivity index (χ1v) is 15.4. The lowest BCUT2D eigenvalue weighted by atomic mass is 10.1. The van der Waals surface area contributed by atoms with Gasteiger partial charge in [-0.25, -0.2) is 18.6 Å². The summed E-state index contributed by atoms with van der Waals surface area (Å²) in [6, 6.07) is 17.9. The molecule has 1 saturated heterocycles. The molecule has 3 aromatic carbocycles. The summed E-state index contributed by atoms with van der Waals surface area (Å²) in [5.74, 6) is -0.774. The van der Waals surface area contributed by atoms with Crippen molar-refractivity contribution in [3.05, 3.63) is 112 Å². The van der Waals surface area contributed by atoms with E-state index in [0.29, 0.717) is 71.6 Å². The number of piperazine rings is 1.